The molecule has 0 aromatic carbocycles. The van der Waals surface area contributed by atoms with Gasteiger partial charge in [0.05, 0.1) is 6.26 Å². The van der Waals surface area contributed by atoms with Gasteiger partial charge in [-0.05, 0) is 18.8 Å². The van der Waals surface area contributed by atoms with E-state index in [1.54, 1.807) is 4.90 Å². The summed E-state index contributed by atoms with van der Waals surface area (Å²) >= 11 is 0. The van der Waals surface area contributed by atoms with Crippen molar-refractivity contribution >= 4 is 27.5 Å². The van der Waals surface area contributed by atoms with Gasteiger partial charge < -0.3 is 4.90 Å². The predicted octanol–water partition coefficient (Wildman–Crippen LogP) is -0.960. The van der Waals surface area contributed by atoms with Gasteiger partial charge in [0.2, 0.25) is 15.9 Å². The average Bonchev–Trinajstić information content (AvgIpc) is 2.45. The summed E-state index contributed by atoms with van der Waals surface area (Å²) in [5, 5.41) is 3.81. The Hall–Kier alpha value is -1.48. The van der Waals surface area contributed by atoms with Crippen molar-refractivity contribution in [1.29, 1.82) is 0 Å². The Kier molecular flexibility index (Phi) is 4.94. The van der Waals surface area contributed by atoms with Gasteiger partial charge in [-0.2, -0.15) is 5.10 Å². The molecule has 1 fully saturated rings. The van der Waals surface area contributed by atoms with E-state index in [-0.39, 0.29) is 24.2 Å². The minimum atomic E-state index is -3.21. The maximum atomic E-state index is 12.3. The molecule has 0 spiro atoms. The molecule has 0 aromatic rings. The van der Waals surface area contributed by atoms with Crippen molar-refractivity contribution in [2.45, 2.75) is 25.7 Å². The number of nitrogens with one attached hydrogen (secondary N) is 2. The quantitative estimate of drug-likeness (QED) is 0.696. The molecule has 8 nitrogen and oxygen atoms in total. The second-order valence-electron chi connectivity index (χ2n) is 5.47. The van der Waals surface area contributed by atoms with E-state index in [0.717, 1.165) is 19.1 Å². The Balaban J connectivity index is 1.91. The van der Waals surface area contributed by atoms with Gasteiger partial charge in [0.15, 0.2) is 0 Å². The van der Waals surface area contributed by atoms with Crippen LogP contribution in [0.2, 0.25) is 0 Å². The molecule has 1 atom stereocenters. The first-order valence-electron chi connectivity index (χ1n) is 6.94. The number of hydrogen-bond acceptors (Lipinski definition) is 5. The van der Waals surface area contributed by atoms with Crippen LogP contribution in [0.3, 0.4) is 0 Å². The van der Waals surface area contributed by atoms with Crippen molar-refractivity contribution in [3.05, 3.63) is 0 Å². The van der Waals surface area contributed by atoms with Crippen LogP contribution in [0, 0.1) is 5.92 Å². The molecule has 0 radical (unpaired) electrons. The van der Waals surface area contributed by atoms with Crippen LogP contribution in [0.4, 0.5) is 0 Å². The van der Waals surface area contributed by atoms with Gasteiger partial charge in [-0.15, -0.1) is 0 Å². The molecule has 0 aliphatic carbocycles. The van der Waals surface area contributed by atoms with E-state index >= 15 is 0 Å². The summed E-state index contributed by atoms with van der Waals surface area (Å²) in [4.78, 5) is 25.0. The molecule has 2 heterocycles. The summed E-state index contributed by atoms with van der Waals surface area (Å²) in [6, 6.07) is 0. The van der Waals surface area contributed by atoms with Crippen LogP contribution in [0.15, 0.2) is 5.10 Å². The number of amides is 2. The van der Waals surface area contributed by atoms with E-state index in [1.807, 2.05) is 0 Å². The van der Waals surface area contributed by atoms with Gasteiger partial charge in [0.25, 0.3) is 5.91 Å². The monoisotopic (exact) mass is 316 g/mol. The van der Waals surface area contributed by atoms with E-state index in [9.17, 15) is 18.0 Å². The normalized spacial score (nSPS) is 23.5. The highest BCUT2D eigenvalue weighted by Gasteiger charge is 2.28. The smallest absolute Gasteiger partial charge is 0.270 e. The summed E-state index contributed by atoms with van der Waals surface area (Å²) in [7, 11) is -3.21. The van der Waals surface area contributed by atoms with Gasteiger partial charge in [-0.25, -0.2) is 18.6 Å². The molecule has 2 aliphatic rings. The third-order valence-electron chi connectivity index (χ3n) is 3.59. The van der Waals surface area contributed by atoms with Crippen LogP contribution in [0.1, 0.15) is 25.7 Å². The Morgan fingerprint density at radius 3 is 2.86 bits per heavy atom. The molecule has 118 valence electrons. The summed E-state index contributed by atoms with van der Waals surface area (Å²) in [6.07, 6.45) is 3.47. The highest BCUT2D eigenvalue weighted by atomic mass is 32.2. The molecular formula is C12H20N4O4S. The molecule has 2 rings (SSSR count). The minimum absolute atomic E-state index is 0.108. The van der Waals surface area contributed by atoms with Gasteiger partial charge in [-0.3, -0.25) is 9.59 Å². The fraction of sp³-hybridized carbons (Fsp3) is 0.750. The van der Waals surface area contributed by atoms with Crippen molar-refractivity contribution in [3.63, 3.8) is 0 Å². The average molecular weight is 316 g/mol. The third-order valence-corrected chi connectivity index (χ3v) is 4.28. The number of hydrazone groups is 1. The molecule has 21 heavy (non-hydrogen) atoms. The summed E-state index contributed by atoms with van der Waals surface area (Å²) < 4.78 is 24.7. The fourth-order valence-electron chi connectivity index (χ4n) is 2.50. The first-order chi connectivity index (χ1) is 9.85. The van der Waals surface area contributed by atoms with Crippen molar-refractivity contribution in [2.24, 2.45) is 11.0 Å². The largest absolute Gasteiger partial charge is 0.337 e. The predicted molar refractivity (Wildman–Crippen MR) is 77.0 cm³/mol. The topological polar surface area (TPSA) is 108 Å². The molecule has 0 saturated carbocycles. The summed E-state index contributed by atoms with van der Waals surface area (Å²) in [5.74, 6) is -0.240. The van der Waals surface area contributed by atoms with Gasteiger partial charge in [0.1, 0.15) is 5.71 Å². The lowest BCUT2D eigenvalue weighted by atomic mass is 9.97. The van der Waals surface area contributed by atoms with Gasteiger partial charge >= 0.3 is 0 Å². The molecule has 1 unspecified atom stereocenters. The van der Waals surface area contributed by atoms with E-state index < -0.39 is 10.0 Å². The molecular weight excluding hydrogens is 296 g/mol. The zero-order valence-corrected chi connectivity index (χ0v) is 12.8. The number of carbonyl (C=O) groups excluding carboxylic acids is 2. The van der Waals surface area contributed by atoms with E-state index in [0.29, 0.717) is 31.8 Å². The Morgan fingerprint density at radius 2 is 2.24 bits per heavy atom. The first kappa shape index (κ1) is 15.9. The van der Waals surface area contributed by atoms with Crippen molar-refractivity contribution in [2.75, 3.05) is 25.9 Å². The van der Waals surface area contributed by atoms with E-state index in [2.05, 4.69) is 15.2 Å². The molecule has 2 amide bonds. The third kappa shape index (κ3) is 4.78. The minimum Gasteiger partial charge on any atom is -0.337 e. The van der Waals surface area contributed by atoms with Crippen LogP contribution in [0.5, 0.6) is 0 Å². The lowest BCUT2D eigenvalue weighted by molar-refractivity contribution is -0.126. The van der Waals surface area contributed by atoms with Crippen LogP contribution >= 0.6 is 0 Å². The second-order valence-corrected chi connectivity index (χ2v) is 7.31. The van der Waals surface area contributed by atoms with Crippen molar-refractivity contribution in [1.82, 2.24) is 15.0 Å². The zero-order chi connectivity index (χ0) is 15.5. The van der Waals surface area contributed by atoms with Gasteiger partial charge in [0, 0.05) is 32.5 Å². The number of sulfonamides is 1. The number of rotatable bonds is 4. The lowest BCUT2D eigenvalue weighted by Crippen LogP contribution is -2.47. The van der Waals surface area contributed by atoms with E-state index in [4.69, 9.17) is 0 Å². The Labute approximate surface area is 124 Å². The number of hydrogen-bond donors (Lipinski definition) is 2. The van der Waals surface area contributed by atoms with Crippen molar-refractivity contribution < 1.29 is 18.0 Å². The highest BCUT2D eigenvalue weighted by molar-refractivity contribution is 7.88. The fourth-order valence-corrected chi connectivity index (χ4v) is 3.03. The van der Waals surface area contributed by atoms with Crippen LogP contribution in [-0.2, 0) is 19.6 Å². The number of likely N-dealkylation sites (tertiary alicyclic amines) is 1. The molecule has 1 saturated heterocycles. The van der Waals surface area contributed by atoms with E-state index in [1.165, 1.54) is 0 Å². The Morgan fingerprint density at radius 1 is 1.48 bits per heavy atom. The molecule has 2 N–H and O–H groups in total. The first-order valence-corrected chi connectivity index (χ1v) is 8.83. The maximum absolute atomic E-state index is 12.3. The molecule has 0 bridgehead atoms. The Bertz CT molecular complexity index is 558. The summed E-state index contributed by atoms with van der Waals surface area (Å²) in [5.41, 5.74) is 2.69. The molecule has 2 aliphatic heterocycles. The lowest BCUT2D eigenvalue weighted by Gasteiger charge is -2.33. The van der Waals surface area contributed by atoms with Crippen LogP contribution < -0.4 is 10.1 Å². The second kappa shape index (κ2) is 6.52. The number of piperidine rings is 1. The maximum Gasteiger partial charge on any atom is 0.270 e. The van der Waals surface area contributed by atoms with Crippen molar-refractivity contribution in [3.8, 4) is 0 Å². The van der Waals surface area contributed by atoms with Crippen LogP contribution in [-0.4, -0.2) is 56.7 Å². The number of carbonyl (C=O) groups is 2. The van der Waals surface area contributed by atoms with Gasteiger partial charge in [-0.1, -0.05) is 0 Å². The molecule has 9 heteroatoms. The standard InChI is InChI=1S/C12H20N4O4S/c1-21(19,20)13-7-9-3-2-6-16(8-9)12(18)10-4-5-11(17)15-14-10/h9,13H,2-8H2,1H3,(H,15,17). The highest BCUT2D eigenvalue weighted by Crippen LogP contribution is 2.17. The number of nitrogens with zero attached hydrogens (tertiary/aromatic N) is 2. The van der Waals surface area contributed by atoms with Crippen LogP contribution in [0.25, 0.3) is 0 Å². The summed E-state index contributed by atoms with van der Waals surface area (Å²) in [6.45, 7) is 1.49. The zero-order valence-electron chi connectivity index (χ0n) is 12.0. The SMILES string of the molecule is CS(=O)(=O)NCC1CCCN(C(=O)C2=NNC(=O)CC2)C1. The molecule has 0 aromatic heterocycles.